The minimum absolute atomic E-state index is 0.0142. The Balaban J connectivity index is 2.38. The first-order valence-electron chi connectivity index (χ1n) is 6.18. The molecule has 19 heavy (non-hydrogen) atoms. The minimum atomic E-state index is -0.849. The molecule has 0 radical (unpaired) electrons. The Morgan fingerprint density at radius 2 is 2.26 bits per heavy atom. The number of tetrazole rings is 1. The zero-order valence-electron chi connectivity index (χ0n) is 10.9. The molecule has 1 atom stereocenters. The van der Waals surface area contributed by atoms with E-state index in [0.29, 0.717) is 12.2 Å². The maximum absolute atomic E-state index is 10.9. The normalized spacial score (nSPS) is 12.3. The lowest BCUT2D eigenvalue weighted by molar-refractivity contribution is -0.138. The first kappa shape index (κ1) is 13.2. The van der Waals surface area contributed by atoms with Crippen LogP contribution in [0.25, 0.3) is 11.4 Å². The van der Waals surface area contributed by atoms with Gasteiger partial charge in [0.1, 0.15) is 0 Å². The second-order valence-corrected chi connectivity index (χ2v) is 4.48. The van der Waals surface area contributed by atoms with Gasteiger partial charge in [0.2, 0.25) is 0 Å². The number of carbonyl (C=O) groups is 1. The van der Waals surface area contributed by atoms with Crippen molar-refractivity contribution >= 4 is 5.97 Å². The lowest BCUT2D eigenvalue weighted by atomic mass is 10.1. The van der Waals surface area contributed by atoms with Crippen molar-refractivity contribution < 1.29 is 9.90 Å². The minimum Gasteiger partial charge on any atom is -0.481 e. The quantitative estimate of drug-likeness (QED) is 0.890. The van der Waals surface area contributed by atoms with E-state index in [9.17, 15) is 4.79 Å². The van der Waals surface area contributed by atoms with Crippen LogP contribution in [0.1, 0.15) is 31.4 Å². The fraction of sp³-hybridized carbons (Fsp3) is 0.385. The van der Waals surface area contributed by atoms with Gasteiger partial charge >= 0.3 is 5.97 Å². The van der Waals surface area contributed by atoms with Crippen molar-refractivity contribution in [2.24, 2.45) is 0 Å². The molecule has 1 N–H and O–H groups in total. The van der Waals surface area contributed by atoms with Gasteiger partial charge in [-0.15, -0.1) is 5.10 Å². The van der Waals surface area contributed by atoms with Crippen molar-refractivity contribution in [2.75, 3.05) is 0 Å². The van der Waals surface area contributed by atoms with Gasteiger partial charge in [-0.25, -0.2) is 4.68 Å². The number of benzene rings is 1. The van der Waals surface area contributed by atoms with E-state index < -0.39 is 5.97 Å². The molecule has 6 nitrogen and oxygen atoms in total. The van der Waals surface area contributed by atoms with Crippen LogP contribution in [0.3, 0.4) is 0 Å². The molecule has 1 heterocycles. The fourth-order valence-corrected chi connectivity index (χ4v) is 2.02. The number of carboxylic acids is 1. The van der Waals surface area contributed by atoms with Gasteiger partial charge in [0.15, 0.2) is 5.82 Å². The second-order valence-electron chi connectivity index (χ2n) is 4.48. The summed E-state index contributed by atoms with van der Waals surface area (Å²) in [7, 11) is 0. The van der Waals surface area contributed by atoms with Crippen molar-refractivity contribution in [1.29, 1.82) is 0 Å². The third-order valence-corrected chi connectivity index (χ3v) is 3.00. The maximum atomic E-state index is 10.9. The molecule has 0 bridgehead atoms. The largest absolute Gasteiger partial charge is 0.481 e. The molecular formula is C13H16N4O2. The molecule has 100 valence electrons. The van der Waals surface area contributed by atoms with Crippen molar-refractivity contribution in [1.82, 2.24) is 20.2 Å². The lowest BCUT2D eigenvalue weighted by Crippen LogP contribution is -2.15. The number of carboxylic acid groups (broad SMARTS) is 1. The number of aryl methyl sites for hydroxylation is 1. The zero-order valence-corrected chi connectivity index (χ0v) is 10.9. The van der Waals surface area contributed by atoms with Gasteiger partial charge < -0.3 is 5.11 Å². The van der Waals surface area contributed by atoms with Crippen molar-refractivity contribution in [3.63, 3.8) is 0 Å². The Morgan fingerprint density at radius 1 is 1.47 bits per heavy atom. The number of hydrogen-bond acceptors (Lipinski definition) is 4. The lowest BCUT2D eigenvalue weighted by Gasteiger charge is -2.14. The molecule has 0 saturated heterocycles. The SMILES string of the molecule is CCC(CC(=O)O)n1nnnc1-c1cccc(C)c1. The molecule has 2 rings (SSSR count). The van der Waals surface area contributed by atoms with E-state index in [1.165, 1.54) is 0 Å². The van der Waals surface area contributed by atoms with E-state index in [0.717, 1.165) is 11.1 Å². The second kappa shape index (κ2) is 5.60. The van der Waals surface area contributed by atoms with E-state index in [1.54, 1.807) is 4.68 Å². The van der Waals surface area contributed by atoms with Crippen LogP contribution in [0.4, 0.5) is 0 Å². The predicted octanol–water partition coefficient (Wildman–Crippen LogP) is 2.07. The summed E-state index contributed by atoms with van der Waals surface area (Å²) in [5.74, 6) is -0.241. The molecule has 0 aliphatic carbocycles. The maximum Gasteiger partial charge on any atom is 0.305 e. The Morgan fingerprint density at radius 3 is 2.89 bits per heavy atom. The summed E-state index contributed by atoms with van der Waals surface area (Å²) in [5, 5.41) is 20.6. The molecule has 2 aromatic rings. The summed E-state index contributed by atoms with van der Waals surface area (Å²) in [6.45, 7) is 3.92. The first-order valence-corrected chi connectivity index (χ1v) is 6.18. The molecule has 0 aliphatic heterocycles. The summed E-state index contributed by atoms with van der Waals surface area (Å²) in [6, 6.07) is 7.59. The molecular weight excluding hydrogens is 244 g/mol. The average Bonchev–Trinajstić information content (AvgIpc) is 2.84. The highest BCUT2D eigenvalue weighted by Gasteiger charge is 2.19. The van der Waals surface area contributed by atoms with Crippen LogP contribution >= 0.6 is 0 Å². The van der Waals surface area contributed by atoms with Gasteiger partial charge in [0, 0.05) is 5.56 Å². The average molecular weight is 260 g/mol. The Hall–Kier alpha value is -2.24. The molecule has 0 saturated carbocycles. The van der Waals surface area contributed by atoms with Crippen LogP contribution in [-0.2, 0) is 4.79 Å². The molecule has 6 heteroatoms. The topological polar surface area (TPSA) is 80.9 Å². The molecule has 0 fully saturated rings. The van der Waals surface area contributed by atoms with Crippen LogP contribution in [-0.4, -0.2) is 31.3 Å². The zero-order chi connectivity index (χ0) is 13.8. The first-order chi connectivity index (χ1) is 9.11. The van der Waals surface area contributed by atoms with Crippen molar-refractivity contribution in [3.05, 3.63) is 29.8 Å². The Labute approximate surface area is 111 Å². The highest BCUT2D eigenvalue weighted by Crippen LogP contribution is 2.23. The molecule has 0 aliphatic rings. The number of aromatic nitrogens is 4. The number of rotatable bonds is 5. The highest BCUT2D eigenvalue weighted by atomic mass is 16.4. The third-order valence-electron chi connectivity index (χ3n) is 3.00. The van der Waals surface area contributed by atoms with E-state index in [-0.39, 0.29) is 12.5 Å². The van der Waals surface area contributed by atoms with Gasteiger partial charge in [-0.2, -0.15) is 0 Å². The number of hydrogen-bond donors (Lipinski definition) is 1. The smallest absolute Gasteiger partial charge is 0.305 e. The van der Waals surface area contributed by atoms with Crippen LogP contribution in [0.5, 0.6) is 0 Å². The number of nitrogens with zero attached hydrogens (tertiary/aromatic N) is 4. The summed E-state index contributed by atoms with van der Waals surface area (Å²) in [6.07, 6.45) is 0.677. The van der Waals surface area contributed by atoms with Crippen LogP contribution in [0, 0.1) is 6.92 Å². The standard InChI is InChI=1S/C13H16N4O2/c1-3-11(8-12(18)19)17-13(14-15-16-17)10-6-4-5-9(2)7-10/h4-7,11H,3,8H2,1-2H3,(H,18,19). The molecule has 1 unspecified atom stereocenters. The summed E-state index contributed by atoms with van der Waals surface area (Å²) < 4.78 is 1.60. The van der Waals surface area contributed by atoms with E-state index in [4.69, 9.17) is 5.11 Å². The van der Waals surface area contributed by atoms with Crippen LogP contribution in [0.2, 0.25) is 0 Å². The van der Waals surface area contributed by atoms with Gasteiger partial charge in [-0.05, 0) is 29.8 Å². The third kappa shape index (κ3) is 2.96. The molecule has 0 spiro atoms. The monoisotopic (exact) mass is 260 g/mol. The molecule has 1 aromatic heterocycles. The Bertz CT molecular complexity index is 580. The van der Waals surface area contributed by atoms with E-state index in [1.807, 2.05) is 38.1 Å². The summed E-state index contributed by atoms with van der Waals surface area (Å²) in [5.41, 5.74) is 2.01. The Kier molecular flexibility index (Phi) is 3.89. The van der Waals surface area contributed by atoms with Gasteiger partial charge in [0.05, 0.1) is 12.5 Å². The van der Waals surface area contributed by atoms with Gasteiger partial charge in [-0.3, -0.25) is 4.79 Å². The van der Waals surface area contributed by atoms with Gasteiger partial charge in [-0.1, -0.05) is 30.7 Å². The van der Waals surface area contributed by atoms with Crippen molar-refractivity contribution in [2.45, 2.75) is 32.7 Å². The van der Waals surface area contributed by atoms with Crippen LogP contribution < -0.4 is 0 Å². The molecule has 0 amide bonds. The van der Waals surface area contributed by atoms with E-state index in [2.05, 4.69) is 15.5 Å². The van der Waals surface area contributed by atoms with Crippen LogP contribution in [0.15, 0.2) is 24.3 Å². The van der Waals surface area contributed by atoms with Crippen molar-refractivity contribution in [3.8, 4) is 11.4 Å². The van der Waals surface area contributed by atoms with E-state index >= 15 is 0 Å². The fourth-order valence-electron chi connectivity index (χ4n) is 2.02. The van der Waals surface area contributed by atoms with Gasteiger partial charge in [0.25, 0.3) is 0 Å². The highest BCUT2D eigenvalue weighted by molar-refractivity contribution is 5.67. The molecule has 1 aromatic carbocycles. The predicted molar refractivity (Wildman–Crippen MR) is 69.6 cm³/mol. The summed E-state index contributed by atoms with van der Waals surface area (Å²) in [4.78, 5) is 10.9. The summed E-state index contributed by atoms with van der Waals surface area (Å²) >= 11 is 0. The number of aliphatic carboxylic acids is 1.